The molecule has 0 saturated carbocycles. The minimum absolute atomic E-state index is 0.0194. The van der Waals surface area contributed by atoms with Crippen LogP contribution in [0.4, 0.5) is 0 Å². The lowest BCUT2D eigenvalue weighted by atomic mass is 10.0. The van der Waals surface area contributed by atoms with Crippen molar-refractivity contribution in [3.8, 4) is 0 Å². The third-order valence-electron chi connectivity index (χ3n) is 3.94. The molecular formula is C13H24N2O3. The predicted molar refractivity (Wildman–Crippen MR) is 69.2 cm³/mol. The van der Waals surface area contributed by atoms with Gasteiger partial charge < -0.3 is 10.4 Å². The van der Waals surface area contributed by atoms with Gasteiger partial charge >= 0.3 is 5.97 Å². The van der Waals surface area contributed by atoms with Gasteiger partial charge in [-0.3, -0.25) is 14.5 Å². The molecule has 1 saturated heterocycles. The molecule has 0 aliphatic carbocycles. The van der Waals surface area contributed by atoms with Crippen molar-refractivity contribution in [2.75, 3.05) is 13.1 Å². The number of likely N-dealkylation sites (tertiary alicyclic amines) is 1. The van der Waals surface area contributed by atoms with Crippen molar-refractivity contribution in [2.45, 2.75) is 46.2 Å². The van der Waals surface area contributed by atoms with E-state index in [0.29, 0.717) is 25.4 Å². The summed E-state index contributed by atoms with van der Waals surface area (Å²) in [5.41, 5.74) is 0. The van der Waals surface area contributed by atoms with E-state index in [-0.39, 0.29) is 23.9 Å². The van der Waals surface area contributed by atoms with Gasteiger partial charge in [0.2, 0.25) is 5.91 Å². The molecule has 5 nitrogen and oxygen atoms in total. The molecule has 3 atom stereocenters. The molecule has 1 aliphatic rings. The Morgan fingerprint density at radius 2 is 2.00 bits per heavy atom. The quantitative estimate of drug-likeness (QED) is 0.768. The van der Waals surface area contributed by atoms with Gasteiger partial charge in [0.25, 0.3) is 0 Å². The summed E-state index contributed by atoms with van der Waals surface area (Å²) in [4.78, 5) is 24.8. The maximum Gasteiger partial charge on any atom is 0.308 e. The van der Waals surface area contributed by atoms with Crippen LogP contribution < -0.4 is 5.32 Å². The number of nitrogens with one attached hydrogen (secondary N) is 1. The molecule has 0 spiro atoms. The molecule has 104 valence electrons. The van der Waals surface area contributed by atoms with E-state index in [1.54, 1.807) is 0 Å². The first-order valence-electron chi connectivity index (χ1n) is 6.59. The Kier molecular flexibility index (Phi) is 5.14. The number of amides is 1. The summed E-state index contributed by atoms with van der Waals surface area (Å²) >= 11 is 0. The molecule has 3 unspecified atom stereocenters. The second kappa shape index (κ2) is 6.18. The second-order valence-corrected chi connectivity index (χ2v) is 5.54. The van der Waals surface area contributed by atoms with Crippen molar-refractivity contribution >= 4 is 11.9 Å². The van der Waals surface area contributed by atoms with E-state index in [0.717, 1.165) is 0 Å². The van der Waals surface area contributed by atoms with Crippen LogP contribution in [0.5, 0.6) is 0 Å². The highest BCUT2D eigenvalue weighted by molar-refractivity contribution is 5.78. The van der Waals surface area contributed by atoms with Crippen molar-refractivity contribution in [1.29, 1.82) is 0 Å². The minimum Gasteiger partial charge on any atom is -0.481 e. The number of hydrogen-bond acceptors (Lipinski definition) is 3. The van der Waals surface area contributed by atoms with Crippen LogP contribution in [0.25, 0.3) is 0 Å². The van der Waals surface area contributed by atoms with E-state index in [2.05, 4.69) is 19.2 Å². The van der Waals surface area contributed by atoms with E-state index < -0.39 is 5.97 Å². The maximum atomic E-state index is 11.8. The van der Waals surface area contributed by atoms with Gasteiger partial charge in [0, 0.05) is 12.1 Å². The van der Waals surface area contributed by atoms with Gasteiger partial charge in [-0.2, -0.15) is 0 Å². The van der Waals surface area contributed by atoms with Crippen molar-refractivity contribution in [2.24, 2.45) is 11.8 Å². The molecule has 0 aromatic rings. The fraction of sp³-hybridized carbons (Fsp3) is 0.846. The zero-order valence-electron chi connectivity index (χ0n) is 11.6. The van der Waals surface area contributed by atoms with Crippen LogP contribution in [0.3, 0.4) is 0 Å². The summed E-state index contributed by atoms with van der Waals surface area (Å²) in [6.07, 6.45) is 0.628. The molecule has 0 aromatic carbocycles. The molecule has 1 rings (SSSR count). The molecular weight excluding hydrogens is 232 g/mol. The van der Waals surface area contributed by atoms with Crippen LogP contribution in [0.2, 0.25) is 0 Å². The van der Waals surface area contributed by atoms with Gasteiger partial charge in [-0.05, 0) is 32.7 Å². The number of rotatable bonds is 5. The summed E-state index contributed by atoms with van der Waals surface area (Å²) in [7, 11) is 0. The third kappa shape index (κ3) is 3.70. The molecule has 1 amide bonds. The number of carboxylic acids is 1. The first-order chi connectivity index (χ1) is 8.32. The van der Waals surface area contributed by atoms with Crippen LogP contribution in [0.1, 0.15) is 34.1 Å². The van der Waals surface area contributed by atoms with E-state index in [1.165, 1.54) is 0 Å². The summed E-state index contributed by atoms with van der Waals surface area (Å²) in [5.74, 6) is -0.730. The van der Waals surface area contributed by atoms with E-state index >= 15 is 0 Å². The normalized spacial score (nSPS) is 26.3. The van der Waals surface area contributed by atoms with Crippen molar-refractivity contribution < 1.29 is 14.7 Å². The van der Waals surface area contributed by atoms with Crippen LogP contribution >= 0.6 is 0 Å². The lowest BCUT2D eigenvalue weighted by Gasteiger charge is -2.24. The van der Waals surface area contributed by atoms with Crippen LogP contribution in [0.15, 0.2) is 0 Å². The average Bonchev–Trinajstić information content (AvgIpc) is 2.60. The van der Waals surface area contributed by atoms with Gasteiger partial charge in [-0.25, -0.2) is 0 Å². The molecule has 1 aliphatic heterocycles. The Bertz CT molecular complexity index is 317. The number of hydrogen-bond donors (Lipinski definition) is 2. The molecule has 0 aromatic heterocycles. The molecule has 2 N–H and O–H groups in total. The Labute approximate surface area is 109 Å². The average molecular weight is 256 g/mol. The Balaban J connectivity index is 2.44. The number of nitrogens with zero attached hydrogens (tertiary/aromatic N) is 1. The van der Waals surface area contributed by atoms with Crippen molar-refractivity contribution in [3.05, 3.63) is 0 Å². The van der Waals surface area contributed by atoms with Gasteiger partial charge in [0.1, 0.15) is 0 Å². The maximum absolute atomic E-state index is 11.8. The molecule has 5 heteroatoms. The highest BCUT2D eigenvalue weighted by Crippen LogP contribution is 2.23. The molecule has 0 bridgehead atoms. The highest BCUT2D eigenvalue weighted by Gasteiger charge is 2.36. The Hall–Kier alpha value is -1.10. The van der Waals surface area contributed by atoms with E-state index in [9.17, 15) is 9.59 Å². The molecule has 1 fully saturated rings. The monoisotopic (exact) mass is 256 g/mol. The second-order valence-electron chi connectivity index (χ2n) is 5.54. The number of carbonyl (C=O) groups is 2. The first-order valence-corrected chi connectivity index (χ1v) is 6.59. The Morgan fingerprint density at radius 3 is 2.44 bits per heavy atom. The van der Waals surface area contributed by atoms with Crippen molar-refractivity contribution in [3.63, 3.8) is 0 Å². The van der Waals surface area contributed by atoms with Crippen LogP contribution in [-0.2, 0) is 9.59 Å². The fourth-order valence-electron chi connectivity index (χ4n) is 2.21. The Morgan fingerprint density at radius 1 is 1.39 bits per heavy atom. The van der Waals surface area contributed by atoms with Crippen molar-refractivity contribution in [1.82, 2.24) is 10.2 Å². The van der Waals surface area contributed by atoms with Crippen LogP contribution in [0, 0.1) is 11.8 Å². The zero-order chi connectivity index (χ0) is 13.9. The number of aliphatic carboxylic acids is 1. The zero-order valence-corrected chi connectivity index (χ0v) is 11.6. The summed E-state index contributed by atoms with van der Waals surface area (Å²) < 4.78 is 0. The van der Waals surface area contributed by atoms with E-state index in [4.69, 9.17) is 5.11 Å². The molecule has 18 heavy (non-hydrogen) atoms. The SMILES string of the molecule is CC(C)C(C)NC(=O)CN1CCC(C(=O)O)C1C. The standard InChI is InChI=1S/C13H24N2O3/c1-8(2)9(3)14-12(16)7-15-6-5-11(10(15)4)13(17)18/h8-11H,5-7H2,1-4H3,(H,14,16)(H,17,18). The third-order valence-corrected chi connectivity index (χ3v) is 3.94. The molecule has 1 heterocycles. The van der Waals surface area contributed by atoms with Gasteiger partial charge in [-0.1, -0.05) is 13.8 Å². The first kappa shape index (κ1) is 15.0. The number of carboxylic acid groups (broad SMARTS) is 1. The van der Waals surface area contributed by atoms with Gasteiger partial charge in [-0.15, -0.1) is 0 Å². The van der Waals surface area contributed by atoms with Crippen LogP contribution in [-0.4, -0.2) is 47.1 Å². The lowest BCUT2D eigenvalue weighted by molar-refractivity contribution is -0.142. The summed E-state index contributed by atoms with van der Waals surface area (Å²) in [6.45, 7) is 8.96. The van der Waals surface area contributed by atoms with Gasteiger partial charge in [0.05, 0.1) is 12.5 Å². The molecule has 0 radical (unpaired) electrons. The fourth-order valence-corrected chi connectivity index (χ4v) is 2.21. The highest BCUT2D eigenvalue weighted by atomic mass is 16.4. The summed E-state index contributed by atoms with van der Waals surface area (Å²) in [6, 6.07) is 0.0771. The smallest absolute Gasteiger partial charge is 0.308 e. The number of carbonyl (C=O) groups excluding carboxylic acids is 1. The topological polar surface area (TPSA) is 69.6 Å². The predicted octanol–water partition coefficient (Wildman–Crippen LogP) is 0.942. The largest absolute Gasteiger partial charge is 0.481 e. The van der Waals surface area contributed by atoms with E-state index in [1.807, 2.05) is 18.7 Å². The summed E-state index contributed by atoms with van der Waals surface area (Å²) in [5, 5.41) is 12.0. The minimum atomic E-state index is -0.763. The lowest BCUT2D eigenvalue weighted by Crippen LogP contribution is -2.44. The van der Waals surface area contributed by atoms with Gasteiger partial charge in [0.15, 0.2) is 0 Å².